The second-order valence-electron chi connectivity index (χ2n) is 6.05. The Morgan fingerprint density at radius 1 is 1.07 bits per heavy atom. The minimum Gasteiger partial charge on any atom is -0.317 e. The first-order valence-electron chi connectivity index (χ1n) is 6.23. The lowest BCUT2D eigenvalue weighted by Crippen LogP contribution is -2.66. The van der Waals surface area contributed by atoms with Gasteiger partial charge in [-0.2, -0.15) is 0 Å². The lowest BCUT2D eigenvalue weighted by atomic mass is 9.84. The van der Waals surface area contributed by atoms with E-state index in [9.17, 15) is 0 Å². The molecule has 2 rings (SSSR count). The van der Waals surface area contributed by atoms with Gasteiger partial charge < -0.3 is 10.6 Å². The molecule has 0 bridgehead atoms. The Hall–Kier alpha value is -0.120. The highest BCUT2D eigenvalue weighted by Crippen LogP contribution is 2.26. The zero-order valence-corrected chi connectivity index (χ0v) is 10.4. The van der Waals surface area contributed by atoms with Crippen molar-refractivity contribution in [1.82, 2.24) is 15.5 Å². The van der Waals surface area contributed by atoms with Crippen molar-refractivity contribution in [3.05, 3.63) is 0 Å². The molecule has 2 fully saturated rings. The highest BCUT2D eigenvalue weighted by molar-refractivity contribution is 5.00. The Labute approximate surface area is 93.6 Å². The molecular weight excluding hydrogens is 186 g/mol. The summed E-state index contributed by atoms with van der Waals surface area (Å²) in [6.45, 7) is 12.9. The van der Waals surface area contributed by atoms with Crippen LogP contribution in [-0.4, -0.2) is 48.7 Å². The average Bonchev–Trinajstić information content (AvgIpc) is 2.18. The lowest BCUT2D eigenvalue weighted by Gasteiger charge is -2.50. The molecule has 15 heavy (non-hydrogen) atoms. The Bertz CT molecular complexity index is 208. The quantitative estimate of drug-likeness (QED) is 0.621. The van der Waals surface area contributed by atoms with Crippen LogP contribution in [0.2, 0.25) is 0 Å². The Balaban J connectivity index is 2.02. The number of rotatable bonds is 0. The highest BCUT2D eigenvalue weighted by atomic mass is 15.3. The lowest BCUT2D eigenvalue weighted by molar-refractivity contribution is 0.0414. The minimum atomic E-state index is 0.319. The summed E-state index contributed by atoms with van der Waals surface area (Å²) >= 11 is 0. The van der Waals surface area contributed by atoms with Gasteiger partial charge in [-0.25, -0.2) is 0 Å². The molecule has 0 aromatic heterocycles. The van der Waals surface area contributed by atoms with Crippen LogP contribution in [0, 0.1) is 0 Å². The zero-order valence-electron chi connectivity index (χ0n) is 10.4. The monoisotopic (exact) mass is 211 g/mol. The number of piperazine rings is 1. The van der Waals surface area contributed by atoms with Crippen LogP contribution in [0.5, 0.6) is 0 Å². The summed E-state index contributed by atoms with van der Waals surface area (Å²) in [7, 11) is 0. The zero-order chi connectivity index (χ0) is 10.9. The highest BCUT2D eigenvalue weighted by Gasteiger charge is 2.38. The first kappa shape index (κ1) is 11.4. The summed E-state index contributed by atoms with van der Waals surface area (Å²) in [5.74, 6) is 0. The van der Waals surface area contributed by atoms with E-state index in [0.29, 0.717) is 11.1 Å². The summed E-state index contributed by atoms with van der Waals surface area (Å²) in [6.07, 6.45) is 2.55. The van der Waals surface area contributed by atoms with Crippen LogP contribution in [-0.2, 0) is 0 Å². The van der Waals surface area contributed by atoms with Gasteiger partial charge in [-0.15, -0.1) is 0 Å². The van der Waals surface area contributed by atoms with Gasteiger partial charge in [0.15, 0.2) is 0 Å². The summed E-state index contributed by atoms with van der Waals surface area (Å²) in [4.78, 5) is 2.63. The molecule has 0 amide bonds. The van der Waals surface area contributed by atoms with E-state index >= 15 is 0 Å². The fraction of sp³-hybridized carbons (Fsp3) is 1.00. The fourth-order valence-corrected chi connectivity index (χ4v) is 2.77. The normalized spacial score (nSPS) is 28.2. The molecule has 0 aliphatic carbocycles. The molecule has 0 unspecified atom stereocenters. The fourth-order valence-electron chi connectivity index (χ4n) is 2.77. The van der Waals surface area contributed by atoms with Crippen molar-refractivity contribution in [2.24, 2.45) is 0 Å². The molecule has 0 aromatic rings. The summed E-state index contributed by atoms with van der Waals surface area (Å²) in [5, 5.41) is 7.21. The Morgan fingerprint density at radius 2 is 1.73 bits per heavy atom. The maximum absolute atomic E-state index is 3.75. The van der Waals surface area contributed by atoms with E-state index in [4.69, 9.17) is 0 Å². The molecule has 2 saturated heterocycles. The number of nitrogens with zero attached hydrogens (tertiary/aromatic N) is 1. The van der Waals surface area contributed by atoms with Crippen molar-refractivity contribution in [2.45, 2.75) is 44.7 Å². The van der Waals surface area contributed by atoms with Gasteiger partial charge in [0.05, 0.1) is 0 Å². The van der Waals surface area contributed by atoms with E-state index < -0.39 is 0 Å². The number of hydrogen-bond donors (Lipinski definition) is 2. The van der Waals surface area contributed by atoms with Crippen LogP contribution >= 0.6 is 0 Å². The van der Waals surface area contributed by atoms with Crippen molar-refractivity contribution < 1.29 is 0 Å². The van der Waals surface area contributed by atoms with Crippen molar-refractivity contribution >= 4 is 0 Å². The van der Waals surface area contributed by atoms with Crippen LogP contribution < -0.4 is 10.6 Å². The van der Waals surface area contributed by atoms with Crippen LogP contribution in [0.1, 0.15) is 33.6 Å². The van der Waals surface area contributed by atoms with E-state index in [1.54, 1.807) is 0 Å². The predicted octanol–water partition coefficient (Wildman–Crippen LogP) is 0.812. The molecule has 3 heteroatoms. The molecule has 2 aliphatic heterocycles. The first-order valence-corrected chi connectivity index (χ1v) is 6.23. The minimum absolute atomic E-state index is 0.319. The molecule has 2 heterocycles. The molecule has 3 nitrogen and oxygen atoms in total. The third-order valence-corrected chi connectivity index (χ3v) is 3.88. The van der Waals surface area contributed by atoms with Gasteiger partial charge in [0, 0.05) is 30.7 Å². The second kappa shape index (κ2) is 4.04. The molecule has 0 radical (unpaired) electrons. The smallest absolute Gasteiger partial charge is 0.0333 e. The molecule has 0 saturated carbocycles. The first-order chi connectivity index (χ1) is 7.02. The number of hydrogen-bond acceptors (Lipinski definition) is 3. The van der Waals surface area contributed by atoms with Crippen molar-refractivity contribution in [2.75, 3.05) is 32.7 Å². The van der Waals surface area contributed by atoms with E-state index in [2.05, 4.69) is 36.3 Å². The van der Waals surface area contributed by atoms with E-state index in [1.165, 1.54) is 39.0 Å². The van der Waals surface area contributed by atoms with Crippen LogP contribution in [0.25, 0.3) is 0 Å². The summed E-state index contributed by atoms with van der Waals surface area (Å²) < 4.78 is 0. The summed E-state index contributed by atoms with van der Waals surface area (Å²) in [6, 6.07) is 0. The van der Waals surface area contributed by atoms with Gasteiger partial charge in [-0.1, -0.05) is 0 Å². The molecular formula is C12H25N3. The number of piperidine rings is 1. The molecule has 0 atom stereocenters. The molecule has 0 aromatic carbocycles. The Morgan fingerprint density at radius 3 is 2.33 bits per heavy atom. The van der Waals surface area contributed by atoms with Crippen LogP contribution in [0.3, 0.4) is 0 Å². The van der Waals surface area contributed by atoms with Crippen molar-refractivity contribution in [1.29, 1.82) is 0 Å². The molecule has 2 N–H and O–H groups in total. The van der Waals surface area contributed by atoms with Gasteiger partial charge in [0.2, 0.25) is 0 Å². The van der Waals surface area contributed by atoms with E-state index in [1.807, 2.05) is 0 Å². The van der Waals surface area contributed by atoms with Gasteiger partial charge in [-0.3, -0.25) is 4.90 Å². The third kappa shape index (κ3) is 2.52. The topological polar surface area (TPSA) is 27.3 Å². The molecule has 1 spiro atoms. The van der Waals surface area contributed by atoms with Gasteiger partial charge in [0.25, 0.3) is 0 Å². The average molecular weight is 211 g/mol. The summed E-state index contributed by atoms with van der Waals surface area (Å²) in [5.41, 5.74) is 0.719. The van der Waals surface area contributed by atoms with Crippen molar-refractivity contribution in [3.8, 4) is 0 Å². The second-order valence-corrected chi connectivity index (χ2v) is 6.05. The van der Waals surface area contributed by atoms with Gasteiger partial charge in [0.1, 0.15) is 0 Å². The van der Waals surface area contributed by atoms with Crippen LogP contribution in [0.15, 0.2) is 0 Å². The van der Waals surface area contributed by atoms with Gasteiger partial charge >= 0.3 is 0 Å². The third-order valence-electron chi connectivity index (χ3n) is 3.88. The predicted molar refractivity (Wildman–Crippen MR) is 64.2 cm³/mol. The van der Waals surface area contributed by atoms with Crippen LogP contribution in [0.4, 0.5) is 0 Å². The Kier molecular flexibility index (Phi) is 3.06. The molecule has 2 aliphatic rings. The standard InChI is InChI=1S/C12H25N3/c1-11(2,3)15-9-8-14-12(10-15)4-6-13-7-5-12/h13-14H,4-10H2,1-3H3. The largest absolute Gasteiger partial charge is 0.317 e. The van der Waals surface area contributed by atoms with E-state index in [0.717, 1.165) is 6.54 Å². The van der Waals surface area contributed by atoms with E-state index in [-0.39, 0.29) is 0 Å². The van der Waals surface area contributed by atoms with Gasteiger partial charge in [-0.05, 0) is 46.7 Å². The maximum Gasteiger partial charge on any atom is 0.0333 e. The maximum atomic E-state index is 3.75. The van der Waals surface area contributed by atoms with Crippen molar-refractivity contribution in [3.63, 3.8) is 0 Å². The number of nitrogens with one attached hydrogen (secondary N) is 2. The molecule has 88 valence electrons. The SMILES string of the molecule is CC(C)(C)N1CCNC2(CCNCC2)C1.